The fourth-order valence-corrected chi connectivity index (χ4v) is 2.63. The van der Waals surface area contributed by atoms with E-state index in [2.05, 4.69) is 63.1 Å². The second-order valence-electron chi connectivity index (χ2n) is 4.46. The Morgan fingerprint density at radius 3 is 2.79 bits per heavy atom. The summed E-state index contributed by atoms with van der Waals surface area (Å²) in [6, 6.07) is 16.6. The zero-order valence-electron chi connectivity index (χ0n) is 10.6. The summed E-state index contributed by atoms with van der Waals surface area (Å²) in [5.74, 6) is 0.884. The largest absolute Gasteiger partial charge is 0.497 e. The smallest absolute Gasteiger partial charge is 0.119 e. The van der Waals surface area contributed by atoms with Gasteiger partial charge in [0.25, 0.3) is 0 Å². The van der Waals surface area contributed by atoms with Crippen LogP contribution in [0.4, 0.5) is 0 Å². The molecule has 0 aliphatic rings. The lowest BCUT2D eigenvalue weighted by molar-refractivity contribution is 0.414. The third kappa shape index (κ3) is 2.38. The first-order chi connectivity index (χ1) is 9.28. The Kier molecular flexibility index (Phi) is 3.30. The highest BCUT2D eigenvalue weighted by atomic mass is 79.9. The molecule has 0 atom stereocenters. The van der Waals surface area contributed by atoms with Gasteiger partial charge in [0.15, 0.2) is 0 Å². The molecule has 0 bridgehead atoms. The SMILES string of the molecule is COc1ccc(Br)c(Cn2ccc3ccccc32)c1. The molecule has 19 heavy (non-hydrogen) atoms. The molecule has 1 aromatic heterocycles. The van der Waals surface area contributed by atoms with E-state index in [1.54, 1.807) is 7.11 Å². The molecule has 0 fully saturated rings. The Labute approximate surface area is 120 Å². The van der Waals surface area contributed by atoms with Gasteiger partial charge in [0.05, 0.1) is 7.11 Å². The van der Waals surface area contributed by atoms with Gasteiger partial charge < -0.3 is 9.30 Å². The normalized spacial score (nSPS) is 10.8. The van der Waals surface area contributed by atoms with E-state index >= 15 is 0 Å². The molecule has 1 heterocycles. The van der Waals surface area contributed by atoms with Crippen molar-refractivity contribution in [1.29, 1.82) is 0 Å². The van der Waals surface area contributed by atoms with E-state index in [0.29, 0.717) is 0 Å². The van der Waals surface area contributed by atoms with Gasteiger partial charge in [0.1, 0.15) is 5.75 Å². The quantitative estimate of drug-likeness (QED) is 0.696. The second-order valence-corrected chi connectivity index (χ2v) is 5.31. The average Bonchev–Trinajstić information content (AvgIpc) is 2.85. The van der Waals surface area contributed by atoms with Crippen LogP contribution in [0.2, 0.25) is 0 Å². The highest BCUT2D eigenvalue weighted by Crippen LogP contribution is 2.25. The molecule has 3 rings (SSSR count). The van der Waals surface area contributed by atoms with E-state index in [0.717, 1.165) is 16.8 Å². The van der Waals surface area contributed by atoms with Crippen molar-refractivity contribution in [2.75, 3.05) is 7.11 Å². The van der Waals surface area contributed by atoms with Crippen LogP contribution in [0.15, 0.2) is 59.2 Å². The molecule has 96 valence electrons. The van der Waals surface area contributed by atoms with E-state index < -0.39 is 0 Å². The van der Waals surface area contributed by atoms with E-state index in [9.17, 15) is 0 Å². The molecule has 2 nitrogen and oxygen atoms in total. The third-order valence-electron chi connectivity index (χ3n) is 3.27. The van der Waals surface area contributed by atoms with Crippen molar-refractivity contribution in [2.45, 2.75) is 6.54 Å². The van der Waals surface area contributed by atoms with Gasteiger partial charge in [-0.1, -0.05) is 34.1 Å². The van der Waals surface area contributed by atoms with Crippen molar-refractivity contribution >= 4 is 26.8 Å². The highest BCUT2D eigenvalue weighted by Gasteiger charge is 2.05. The van der Waals surface area contributed by atoms with Crippen LogP contribution in [0, 0.1) is 0 Å². The number of nitrogens with zero attached hydrogens (tertiary/aromatic N) is 1. The number of halogens is 1. The first-order valence-electron chi connectivity index (χ1n) is 6.14. The molecule has 0 amide bonds. The maximum Gasteiger partial charge on any atom is 0.119 e. The molecule has 0 N–H and O–H groups in total. The van der Waals surface area contributed by atoms with Crippen molar-refractivity contribution in [3.8, 4) is 5.75 Å². The van der Waals surface area contributed by atoms with Crippen molar-refractivity contribution in [1.82, 2.24) is 4.57 Å². The standard InChI is InChI=1S/C16H14BrNO/c1-19-14-6-7-15(17)13(10-14)11-18-9-8-12-4-2-3-5-16(12)18/h2-10H,11H2,1H3. The molecule has 3 aromatic rings. The van der Waals surface area contributed by atoms with E-state index in [1.807, 2.05) is 12.1 Å². The van der Waals surface area contributed by atoms with Crippen molar-refractivity contribution < 1.29 is 4.74 Å². The fraction of sp³-hybridized carbons (Fsp3) is 0.125. The first-order valence-corrected chi connectivity index (χ1v) is 6.93. The minimum absolute atomic E-state index is 0.825. The molecule has 0 aliphatic heterocycles. The van der Waals surface area contributed by atoms with Crippen LogP contribution in [-0.4, -0.2) is 11.7 Å². The maximum absolute atomic E-state index is 5.29. The van der Waals surface area contributed by atoms with Crippen molar-refractivity contribution in [3.63, 3.8) is 0 Å². The Morgan fingerprint density at radius 2 is 1.95 bits per heavy atom. The summed E-state index contributed by atoms with van der Waals surface area (Å²) in [7, 11) is 1.69. The van der Waals surface area contributed by atoms with Crippen molar-refractivity contribution in [3.05, 3.63) is 64.8 Å². The Bertz CT molecular complexity index is 718. The van der Waals surface area contributed by atoms with E-state index in [4.69, 9.17) is 4.74 Å². The van der Waals surface area contributed by atoms with Gasteiger partial charge in [0, 0.05) is 22.7 Å². The molecule has 2 aromatic carbocycles. The first kappa shape index (κ1) is 12.3. The number of ether oxygens (including phenoxy) is 1. The predicted octanol–water partition coefficient (Wildman–Crippen LogP) is 4.46. The Balaban J connectivity index is 2.01. The minimum atomic E-state index is 0.825. The molecule has 3 heteroatoms. The van der Waals surface area contributed by atoms with Gasteiger partial charge in [-0.2, -0.15) is 0 Å². The number of hydrogen-bond acceptors (Lipinski definition) is 1. The molecule has 0 aliphatic carbocycles. The van der Waals surface area contributed by atoms with Gasteiger partial charge in [0.2, 0.25) is 0 Å². The second kappa shape index (κ2) is 5.10. The van der Waals surface area contributed by atoms with Crippen LogP contribution >= 0.6 is 15.9 Å². The molecule has 0 radical (unpaired) electrons. The summed E-state index contributed by atoms with van der Waals surface area (Å²) < 4.78 is 8.63. The van der Waals surface area contributed by atoms with Crippen LogP contribution in [0.25, 0.3) is 10.9 Å². The van der Waals surface area contributed by atoms with E-state index in [1.165, 1.54) is 16.5 Å². The highest BCUT2D eigenvalue weighted by molar-refractivity contribution is 9.10. The maximum atomic E-state index is 5.29. The summed E-state index contributed by atoms with van der Waals surface area (Å²) >= 11 is 3.60. The summed E-state index contributed by atoms with van der Waals surface area (Å²) in [6.45, 7) is 0.825. The van der Waals surface area contributed by atoms with Crippen molar-refractivity contribution in [2.24, 2.45) is 0 Å². The van der Waals surface area contributed by atoms with Crippen LogP contribution in [0.1, 0.15) is 5.56 Å². The van der Waals surface area contributed by atoms with Crippen LogP contribution < -0.4 is 4.74 Å². The van der Waals surface area contributed by atoms with Gasteiger partial charge in [-0.25, -0.2) is 0 Å². The topological polar surface area (TPSA) is 14.2 Å². The predicted molar refractivity (Wildman–Crippen MR) is 81.7 cm³/mol. The van der Waals surface area contributed by atoms with Gasteiger partial charge in [-0.15, -0.1) is 0 Å². The molecular formula is C16H14BrNO. The molecule has 0 unspecified atom stereocenters. The molecule has 0 spiro atoms. The molecule has 0 saturated carbocycles. The van der Waals surface area contributed by atoms with Gasteiger partial charge in [-0.05, 0) is 41.3 Å². The Hall–Kier alpha value is -1.74. The Morgan fingerprint density at radius 1 is 1.11 bits per heavy atom. The summed E-state index contributed by atoms with van der Waals surface area (Å²) in [5, 5.41) is 1.27. The number of para-hydroxylation sites is 1. The number of hydrogen-bond donors (Lipinski definition) is 0. The number of rotatable bonds is 3. The third-order valence-corrected chi connectivity index (χ3v) is 4.05. The summed E-state index contributed by atoms with van der Waals surface area (Å²) in [4.78, 5) is 0. The number of aromatic nitrogens is 1. The van der Waals surface area contributed by atoms with Crippen LogP contribution in [-0.2, 0) is 6.54 Å². The lowest BCUT2D eigenvalue weighted by Crippen LogP contribution is -1.99. The van der Waals surface area contributed by atoms with Crippen LogP contribution in [0.5, 0.6) is 5.75 Å². The van der Waals surface area contributed by atoms with Gasteiger partial charge >= 0.3 is 0 Å². The van der Waals surface area contributed by atoms with E-state index in [-0.39, 0.29) is 0 Å². The van der Waals surface area contributed by atoms with Gasteiger partial charge in [-0.3, -0.25) is 0 Å². The number of benzene rings is 2. The fourth-order valence-electron chi connectivity index (χ4n) is 2.26. The summed E-state index contributed by atoms with van der Waals surface area (Å²) in [5.41, 5.74) is 2.46. The zero-order chi connectivity index (χ0) is 13.2. The lowest BCUT2D eigenvalue weighted by atomic mass is 10.2. The average molecular weight is 316 g/mol. The van der Waals surface area contributed by atoms with Crippen LogP contribution in [0.3, 0.4) is 0 Å². The molecular weight excluding hydrogens is 302 g/mol. The summed E-state index contributed by atoms with van der Waals surface area (Å²) in [6.07, 6.45) is 2.12. The monoisotopic (exact) mass is 315 g/mol. The molecule has 0 saturated heterocycles. The number of fused-ring (bicyclic) bond motifs is 1. The minimum Gasteiger partial charge on any atom is -0.497 e. The zero-order valence-corrected chi connectivity index (χ0v) is 12.2. The number of methoxy groups -OCH3 is 1. The lowest BCUT2D eigenvalue weighted by Gasteiger charge is -2.09.